The molecule has 2 aromatic heterocycles. The number of carbonyl (C=O) groups is 1. The summed E-state index contributed by atoms with van der Waals surface area (Å²) in [7, 11) is 1.83. The number of nitrogens with one attached hydrogen (secondary N) is 2. The number of nitrogens with zero attached hydrogens (tertiary/aromatic N) is 2. The number of aromatic amines is 1. The molecular weight excluding hydrogens is 361 g/mol. The zero-order valence-electron chi connectivity index (χ0n) is 15.2. The normalized spacial score (nSPS) is 13.0. The molecule has 0 aliphatic rings. The summed E-state index contributed by atoms with van der Waals surface area (Å²) in [6.07, 6.45) is -4.77. The molecule has 6 nitrogen and oxygen atoms in total. The highest BCUT2D eigenvalue weighted by atomic mass is 19.4. The lowest BCUT2D eigenvalue weighted by molar-refractivity contribution is -0.274. The zero-order chi connectivity index (χ0) is 19.9. The lowest BCUT2D eigenvalue weighted by Crippen LogP contribution is -2.27. The summed E-state index contributed by atoms with van der Waals surface area (Å²) in [6.45, 7) is 5.64. The molecule has 1 atom stereocenters. The standard InChI is InChI=1S/C18H19F3N4O2/c1-9(16-10(2)24-25(4)11(16)3)22-17(26)15-7-12-5-6-13(8-14(12)23-15)27-18(19,20)21/h5-9,23H,1-4H3,(H,22,26). The van der Waals surface area contributed by atoms with Crippen LogP contribution in [0.25, 0.3) is 10.9 Å². The number of benzene rings is 1. The number of hydrogen-bond donors (Lipinski definition) is 2. The molecule has 0 bridgehead atoms. The van der Waals surface area contributed by atoms with Crippen LogP contribution in [0.1, 0.15) is 40.4 Å². The van der Waals surface area contributed by atoms with Crippen LogP contribution < -0.4 is 10.1 Å². The lowest BCUT2D eigenvalue weighted by atomic mass is 10.1. The summed E-state index contributed by atoms with van der Waals surface area (Å²) < 4.78 is 42.7. The molecule has 2 N–H and O–H groups in total. The molecule has 0 saturated heterocycles. The van der Waals surface area contributed by atoms with E-state index < -0.39 is 6.36 Å². The summed E-state index contributed by atoms with van der Waals surface area (Å²) in [6, 6.07) is 5.18. The molecule has 3 rings (SSSR count). The van der Waals surface area contributed by atoms with Crippen molar-refractivity contribution in [3.8, 4) is 5.75 Å². The van der Waals surface area contributed by atoms with Crippen molar-refractivity contribution in [1.29, 1.82) is 0 Å². The lowest BCUT2D eigenvalue weighted by Gasteiger charge is -2.14. The van der Waals surface area contributed by atoms with Crippen molar-refractivity contribution in [1.82, 2.24) is 20.1 Å². The van der Waals surface area contributed by atoms with E-state index >= 15 is 0 Å². The maximum Gasteiger partial charge on any atom is 0.573 e. The first-order chi connectivity index (χ1) is 12.5. The molecule has 0 aliphatic carbocycles. The van der Waals surface area contributed by atoms with Crippen LogP contribution in [0.15, 0.2) is 24.3 Å². The molecule has 3 aromatic rings. The number of hydrogen-bond acceptors (Lipinski definition) is 3. The molecule has 1 amide bonds. The molecule has 1 aromatic carbocycles. The van der Waals surface area contributed by atoms with Crippen LogP contribution in [-0.2, 0) is 7.05 Å². The fraction of sp³-hybridized carbons (Fsp3) is 0.333. The van der Waals surface area contributed by atoms with E-state index in [1.54, 1.807) is 10.7 Å². The van der Waals surface area contributed by atoms with Gasteiger partial charge in [-0.1, -0.05) is 0 Å². The van der Waals surface area contributed by atoms with Gasteiger partial charge in [0.15, 0.2) is 0 Å². The zero-order valence-corrected chi connectivity index (χ0v) is 15.2. The Morgan fingerprint density at radius 3 is 2.59 bits per heavy atom. The highest BCUT2D eigenvalue weighted by molar-refractivity contribution is 5.98. The van der Waals surface area contributed by atoms with Crippen molar-refractivity contribution in [2.45, 2.75) is 33.2 Å². The van der Waals surface area contributed by atoms with E-state index in [0.29, 0.717) is 10.9 Å². The van der Waals surface area contributed by atoms with Gasteiger partial charge in [-0.3, -0.25) is 9.48 Å². The van der Waals surface area contributed by atoms with Crippen molar-refractivity contribution in [2.24, 2.45) is 7.05 Å². The van der Waals surface area contributed by atoms with Crippen LogP contribution in [0.2, 0.25) is 0 Å². The van der Waals surface area contributed by atoms with E-state index in [-0.39, 0.29) is 23.4 Å². The van der Waals surface area contributed by atoms with Crippen LogP contribution in [0.4, 0.5) is 13.2 Å². The SMILES string of the molecule is Cc1nn(C)c(C)c1C(C)NC(=O)c1cc2ccc(OC(F)(F)F)cc2[nH]1. The summed E-state index contributed by atoms with van der Waals surface area (Å²) in [5.41, 5.74) is 3.34. The second-order valence-electron chi connectivity index (χ2n) is 6.38. The number of aryl methyl sites for hydroxylation is 2. The van der Waals surface area contributed by atoms with Crippen molar-refractivity contribution >= 4 is 16.8 Å². The minimum absolute atomic E-state index is 0.250. The van der Waals surface area contributed by atoms with E-state index in [4.69, 9.17) is 0 Å². The summed E-state index contributed by atoms with van der Waals surface area (Å²) >= 11 is 0. The Morgan fingerprint density at radius 1 is 1.30 bits per heavy atom. The number of ether oxygens (including phenoxy) is 1. The minimum atomic E-state index is -4.77. The molecule has 9 heteroatoms. The Morgan fingerprint density at radius 2 is 2.00 bits per heavy atom. The average molecular weight is 380 g/mol. The number of aromatic nitrogens is 3. The van der Waals surface area contributed by atoms with Crippen LogP contribution in [-0.4, -0.2) is 27.0 Å². The first kappa shape index (κ1) is 18.8. The largest absolute Gasteiger partial charge is 0.573 e. The monoisotopic (exact) mass is 380 g/mol. The van der Waals surface area contributed by atoms with Gasteiger partial charge in [-0.05, 0) is 39.0 Å². The Hall–Kier alpha value is -2.97. The van der Waals surface area contributed by atoms with Gasteiger partial charge in [-0.15, -0.1) is 13.2 Å². The minimum Gasteiger partial charge on any atom is -0.406 e. The van der Waals surface area contributed by atoms with Crippen LogP contribution in [0.3, 0.4) is 0 Å². The summed E-state index contributed by atoms with van der Waals surface area (Å²) in [4.78, 5) is 15.4. The van der Waals surface area contributed by atoms with Crippen LogP contribution in [0, 0.1) is 13.8 Å². The van der Waals surface area contributed by atoms with Gasteiger partial charge in [0.2, 0.25) is 0 Å². The molecule has 1 unspecified atom stereocenters. The van der Waals surface area contributed by atoms with E-state index in [0.717, 1.165) is 17.0 Å². The van der Waals surface area contributed by atoms with Gasteiger partial charge in [-0.25, -0.2) is 0 Å². The molecular formula is C18H19F3N4O2. The van der Waals surface area contributed by atoms with Gasteiger partial charge in [0.1, 0.15) is 11.4 Å². The molecule has 0 aliphatic heterocycles. The Balaban J connectivity index is 1.81. The first-order valence-electron chi connectivity index (χ1n) is 8.24. The Bertz CT molecular complexity index is 1000. The topological polar surface area (TPSA) is 71.9 Å². The third-order valence-electron chi connectivity index (χ3n) is 4.42. The molecule has 0 saturated carbocycles. The highest BCUT2D eigenvalue weighted by Crippen LogP contribution is 2.27. The Kier molecular flexibility index (Phi) is 4.63. The van der Waals surface area contributed by atoms with Crippen LogP contribution >= 0.6 is 0 Å². The molecule has 0 radical (unpaired) electrons. The summed E-state index contributed by atoms with van der Waals surface area (Å²) in [5, 5.41) is 7.83. The highest BCUT2D eigenvalue weighted by Gasteiger charge is 2.31. The summed E-state index contributed by atoms with van der Waals surface area (Å²) in [5.74, 6) is -0.710. The van der Waals surface area contributed by atoms with Crippen molar-refractivity contribution in [3.63, 3.8) is 0 Å². The van der Waals surface area contributed by atoms with Gasteiger partial charge in [-0.2, -0.15) is 5.10 Å². The number of rotatable bonds is 4. The number of carbonyl (C=O) groups excluding carboxylic acids is 1. The number of amides is 1. The van der Waals surface area contributed by atoms with Crippen molar-refractivity contribution in [2.75, 3.05) is 0 Å². The van der Waals surface area contributed by atoms with E-state index in [1.807, 2.05) is 27.8 Å². The third kappa shape index (κ3) is 3.91. The predicted octanol–water partition coefficient (Wildman–Crippen LogP) is 3.91. The number of H-pyrrole nitrogens is 1. The van der Waals surface area contributed by atoms with Crippen molar-refractivity contribution in [3.05, 3.63) is 46.9 Å². The van der Waals surface area contributed by atoms with Gasteiger partial charge < -0.3 is 15.0 Å². The quantitative estimate of drug-likeness (QED) is 0.721. The average Bonchev–Trinajstić information content (AvgIpc) is 3.06. The third-order valence-corrected chi connectivity index (χ3v) is 4.42. The second-order valence-corrected chi connectivity index (χ2v) is 6.38. The van der Waals surface area contributed by atoms with Gasteiger partial charge in [0.05, 0.1) is 11.7 Å². The number of alkyl halides is 3. The molecule has 0 spiro atoms. The smallest absolute Gasteiger partial charge is 0.406 e. The van der Waals surface area contributed by atoms with E-state index in [1.165, 1.54) is 18.2 Å². The predicted molar refractivity (Wildman–Crippen MR) is 93.5 cm³/mol. The fourth-order valence-corrected chi connectivity index (χ4v) is 3.19. The van der Waals surface area contributed by atoms with Gasteiger partial charge in [0, 0.05) is 35.3 Å². The van der Waals surface area contributed by atoms with Gasteiger partial charge >= 0.3 is 6.36 Å². The molecule has 27 heavy (non-hydrogen) atoms. The number of fused-ring (bicyclic) bond motifs is 1. The number of halogens is 3. The first-order valence-corrected chi connectivity index (χ1v) is 8.24. The second kappa shape index (κ2) is 6.64. The maximum atomic E-state index is 12.6. The Labute approximate surface area is 153 Å². The molecule has 0 fully saturated rings. The van der Waals surface area contributed by atoms with Gasteiger partial charge in [0.25, 0.3) is 5.91 Å². The van der Waals surface area contributed by atoms with Crippen molar-refractivity contribution < 1.29 is 22.7 Å². The van der Waals surface area contributed by atoms with E-state index in [9.17, 15) is 18.0 Å². The molecule has 2 heterocycles. The maximum absolute atomic E-state index is 12.6. The van der Waals surface area contributed by atoms with Crippen LogP contribution in [0.5, 0.6) is 5.75 Å². The molecule has 144 valence electrons. The fourth-order valence-electron chi connectivity index (χ4n) is 3.19. The van der Waals surface area contributed by atoms with E-state index in [2.05, 4.69) is 20.1 Å².